The number of nitrogens with zero attached hydrogens (tertiary/aromatic N) is 2. The number of nitrogens with one attached hydrogen (secondary N) is 4. The summed E-state index contributed by atoms with van der Waals surface area (Å²) in [7, 11) is 0. The van der Waals surface area contributed by atoms with E-state index >= 15 is 0 Å². The molecule has 9 nitrogen and oxygen atoms in total. The Morgan fingerprint density at radius 2 is 1.83 bits per heavy atom. The van der Waals surface area contributed by atoms with Gasteiger partial charge in [0, 0.05) is 46.0 Å². The number of anilines is 2. The van der Waals surface area contributed by atoms with E-state index in [2.05, 4.69) is 30.9 Å². The molecule has 5 rings (SSSR count). The SMILES string of the molecule is O=C(O)Nc1ccc(C(=O)NC2CCC[C@@H](Nc3ncc(F)c(-c4c[nH]c5ccccc45)n3)C2)cc1. The molecule has 2 aromatic carbocycles. The lowest BCUT2D eigenvalue weighted by Gasteiger charge is -2.30. The monoisotopic (exact) mass is 488 g/mol. The molecule has 0 bridgehead atoms. The molecule has 5 N–H and O–H groups in total. The van der Waals surface area contributed by atoms with Crippen LogP contribution < -0.4 is 16.0 Å². The van der Waals surface area contributed by atoms with E-state index < -0.39 is 11.9 Å². The lowest BCUT2D eigenvalue weighted by molar-refractivity contribution is 0.0926. The van der Waals surface area contributed by atoms with Crippen molar-refractivity contribution in [3.63, 3.8) is 0 Å². The van der Waals surface area contributed by atoms with Crippen LogP contribution in [0.2, 0.25) is 0 Å². The van der Waals surface area contributed by atoms with Gasteiger partial charge in [-0.25, -0.2) is 19.2 Å². The van der Waals surface area contributed by atoms with Crippen LogP contribution in [-0.4, -0.2) is 44.1 Å². The Bertz CT molecular complexity index is 1400. The van der Waals surface area contributed by atoms with Crippen molar-refractivity contribution in [3.8, 4) is 11.3 Å². The molecule has 1 unspecified atom stereocenters. The van der Waals surface area contributed by atoms with Crippen molar-refractivity contribution in [2.75, 3.05) is 10.6 Å². The summed E-state index contributed by atoms with van der Waals surface area (Å²) in [5, 5.41) is 18.3. The van der Waals surface area contributed by atoms with Crippen LogP contribution in [0, 0.1) is 5.82 Å². The second-order valence-electron chi connectivity index (χ2n) is 8.82. The van der Waals surface area contributed by atoms with E-state index in [1.54, 1.807) is 30.5 Å². The fraction of sp³-hybridized carbons (Fsp3) is 0.231. The van der Waals surface area contributed by atoms with Gasteiger partial charge in [-0.3, -0.25) is 10.1 Å². The summed E-state index contributed by atoms with van der Waals surface area (Å²) >= 11 is 0. The molecule has 1 saturated carbocycles. The maximum atomic E-state index is 14.6. The van der Waals surface area contributed by atoms with Gasteiger partial charge in [0.15, 0.2) is 5.82 Å². The van der Waals surface area contributed by atoms with Gasteiger partial charge in [-0.15, -0.1) is 0 Å². The standard InChI is InChI=1S/C26H25FN6O3/c27-21-14-29-25(33-23(21)20-13-28-22-7-2-1-6-19(20)22)31-18-5-3-4-17(12-18)30-24(34)15-8-10-16(11-9-15)32-26(35)36/h1-2,6-11,13-14,17-18,28,32H,3-5,12H2,(H,30,34)(H,35,36)(H,29,31,33)/t17?,18-/m1/s1. The summed E-state index contributed by atoms with van der Waals surface area (Å²) in [6.45, 7) is 0. The van der Waals surface area contributed by atoms with E-state index in [1.807, 2.05) is 24.3 Å². The smallest absolute Gasteiger partial charge is 0.409 e. The van der Waals surface area contributed by atoms with Crippen molar-refractivity contribution in [2.24, 2.45) is 0 Å². The van der Waals surface area contributed by atoms with E-state index in [-0.39, 0.29) is 23.7 Å². The Morgan fingerprint density at radius 1 is 1.06 bits per heavy atom. The number of carbonyl (C=O) groups is 2. The van der Waals surface area contributed by atoms with E-state index in [1.165, 1.54) is 6.20 Å². The van der Waals surface area contributed by atoms with Crippen LogP contribution in [-0.2, 0) is 0 Å². The number of carboxylic acid groups (broad SMARTS) is 1. The lowest BCUT2D eigenvalue weighted by atomic mass is 9.91. The molecule has 2 aromatic heterocycles. The van der Waals surface area contributed by atoms with Crippen LogP contribution in [0.3, 0.4) is 0 Å². The van der Waals surface area contributed by atoms with Crippen molar-refractivity contribution < 1.29 is 19.1 Å². The van der Waals surface area contributed by atoms with Crippen LogP contribution in [0.25, 0.3) is 22.2 Å². The Balaban J connectivity index is 1.24. The van der Waals surface area contributed by atoms with E-state index in [0.29, 0.717) is 29.2 Å². The number of H-pyrrole nitrogens is 1. The second-order valence-corrected chi connectivity index (χ2v) is 8.82. The number of aromatic nitrogens is 3. The van der Waals surface area contributed by atoms with Crippen LogP contribution in [0.15, 0.2) is 60.9 Å². The number of para-hydroxylation sites is 1. The molecule has 0 spiro atoms. The van der Waals surface area contributed by atoms with E-state index in [0.717, 1.165) is 30.2 Å². The summed E-state index contributed by atoms with van der Waals surface area (Å²) in [5.74, 6) is -0.374. The first-order valence-corrected chi connectivity index (χ1v) is 11.7. The average Bonchev–Trinajstić information content (AvgIpc) is 3.29. The molecule has 2 amide bonds. The van der Waals surface area contributed by atoms with Crippen molar-refractivity contribution in [2.45, 2.75) is 37.8 Å². The second kappa shape index (κ2) is 10.0. The zero-order valence-corrected chi connectivity index (χ0v) is 19.3. The quantitative estimate of drug-likeness (QED) is 0.259. The Kier molecular flexibility index (Phi) is 6.48. The lowest BCUT2D eigenvalue weighted by Crippen LogP contribution is -2.42. The van der Waals surface area contributed by atoms with Crippen molar-refractivity contribution in [1.82, 2.24) is 20.3 Å². The number of aromatic amines is 1. The third-order valence-electron chi connectivity index (χ3n) is 6.33. The Hall–Kier alpha value is -4.47. The molecule has 2 atom stereocenters. The zero-order valence-electron chi connectivity index (χ0n) is 19.3. The van der Waals surface area contributed by atoms with Crippen LogP contribution in [0.4, 0.5) is 20.8 Å². The minimum Gasteiger partial charge on any atom is -0.465 e. The summed E-state index contributed by atoms with van der Waals surface area (Å²) < 4.78 is 14.6. The number of benzene rings is 2. The fourth-order valence-corrected chi connectivity index (χ4v) is 4.62. The molecule has 36 heavy (non-hydrogen) atoms. The molecule has 0 aliphatic heterocycles. The highest BCUT2D eigenvalue weighted by atomic mass is 19.1. The first-order valence-electron chi connectivity index (χ1n) is 11.7. The summed E-state index contributed by atoms with van der Waals surface area (Å²) in [6.07, 6.45) is 5.06. The summed E-state index contributed by atoms with van der Waals surface area (Å²) in [6, 6.07) is 13.9. The van der Waals surface area contributed by atoms with Gasteiger partial charge in [0.25, 0.3) is 5.91 Å². The summed E-state index contributed by atoms with van der Waals surface area (Å²) in [4.78, 5) is 35.2. The maximum absolute atomic E-state index is 14.6. The van der Waals surface area contributed by atoms with Crippen LogP contribution in [0.1, 0.15) is 36.0 Å². The molecule has 2 heterocycles. The van der Waals surface area contributed by atoms with Gasteiger partial charge in [0.1, 0.15) is 5.69 Å². The molecular formula is C26H25FN6O3. The first kappa shape index (κ1) is 23.3. The molecule has 10 heteroatoms. The van der Waals surface area contributed by atoms with E-state index in [4.69, 9.17) is 5.11 Å². The third kappa shape index (κ3) is 5.12. The highest BCUT2D eigenvalue weighted by Gasteiger charge is 2.25. The number of halogens is 1. The molecule has 184 valence electrons. The van der Waals surface area contributed by atoms with Crippen molar-refractivity contribution in [1.29, 1.82) is 0 Å². The number of hydrogen-bond acceptors (Lipinski definition) is 5. The molecule has 0 radical (unpaired) electrons. The molecule has 1 aliphatic carbocycles. The van der Waals surface area contributed by atoms with Gasteiger partial charge in [-0.05, 0) is 56.0 Å². The third-order valence-corrected chi connectivity index (χ3v) is 6.33. The number of rotatable bonds is 6. The molecular weight excluding hydrogens is 463 g/mol. The van der Waals surface area contributed by atoms with Crippen LogP contribution in [0.5, 0.6) is 0 Å². The molecule has 4 aromatic rings. The number of fused-ring (bicyclic) bond motifs is 1. The minimum absolute atomic E-state index is 0.0208. The van der Waals surface area contributed by atoms with Crippen molar-refractivity contribution in [3.05, 3.63) is 72.3 Å². The minimum atomic E-state index is -1.16. The van der Waals surface area contributed by atoms with Gasteiger partial charge >= 0.3 is 6.09 Å². The fourth-order valence-electron chi connectivity index (χ4n) is 4.62. The van der Waals surface area contributed by atoms with Gasteiger partial charge < -0.3 is 20.7 Å². The normalized spacial score (nSPS) is 17.5. The van der Waals surface area contributed by atoms with Gasteiger partial charge in [-0.1, -0.05) is 18.2 Å². The van der Waals surface area contributed by atoms with Gasteiger partial charge in [0.05, 0.1) is 6.20 Å². The highest BCUT2D eigenvalue weighted by molar-refractivity contribution is 5.95. The zero-order chi connectivity index (χ0) is 25.1. The van der Waals surface area contributed by atoms with Gasteiger partial charge in [-0.2, -0.15) is 0 Å². The molecule has 1 aliphatic rings. The topological polar surface area (TPSA) is 132 Å². The Labute approximate surface area is 206 Å². The number of hydrogen-bond donors (Lipinski definition) is 5. The number of amides is 2. The molecule has 0 saturated heterocycles. The van der Waals surface area contributed by atoms with E-state index in [9.17, 15) is 14.0 Å². The predicted molar refractivity (Wildman–Crippen MR) is 135 cm³/mol. The van der Waals surface area contributed by atoms with Gasteiger partial charge in [0.2, 0.25) is 5.95 Å². The summed E-state index contributed by atoms with van der Waals surface area (Å²) in [5.41, 5.74) is 2.65. The van der Waals surface area contributed by atoms with Crippen LogP contribution >= 0.6 is 0 Å². The molecule has 1 fully saturated rings. The average molecular weight is 489 g/mol. The maximum Gasteiger partial charge on any atom is 0.409 e. The van der Waals surface area contributed by atoms with Crippen molar-refractivity contribution >= 4 is 34.5 Å². The predicted octanol–water partition coefficient (Wildman–Crippen LogP) is 5.01. The number of carbonyl (C=O) groups excluding carboxylic acids is 1. The Morgan fingerprint density at radius 3 is 2.64 bits per heavy atom. The largest absolute Gasteiger partial charge is 0.465 e. The first-order chi connectivity index (χ1) is 17.5. The highest BCUT2D eigenvalue weighted by Crippen LogP contribution is 2.30.